The van der Waals surface area contributed by atoms with Crippen molar-refractivity contribution in [2.24, 2.45) is 0 Å². The first-order valence-corrected chi connectivity index (χ1v) is 38.8. The van der Waals surface area contributed by atoms with Crippen LogP contribution in [-0.2, 0) is 19.1 Å². The van der Waals surface area contributed by atoms with E-state index >= 15 is 0 Å². The monoisotopic (exact) mass is 1200 g/mol. The lowest BCUT2D eigenvalue weighted by Gasteiger charge is -2.15. The van der Waals surface area contributed by atoms with Crippen molar-refractivity contribution < 1.29 is 24.2 Å². The van der Waals surface area contributed by atoms with Gasteiger partial charge in [-0.05, 0) is 57.8 Å². The van der Waals surface area contributed by atoms with Gasteiger partial charge < -0.3 is 14.6 Å². The molecule has 0 aromatic rings. The molecule has 0 spiro atoms. The number of esters is 2. The van der Waals surface area contributed by atoms with E-state index < -0.39 is 6.10 Å². The molecule has 0 saturated heterocycles. The maximum absolute atomic E-state index is 12.4. The second-order valence-corrected chi connectivity index (χ2v) is 26.4. The average molecular weight is 1200 g/mol. The molecule has 0 aliphatic heterocycles. The van der Waals surface area contributed by atoms with E-state index in [1.165, 1.54) is 334 Å². The van der Waals surface area contributed by atoms with E-state index in [1.807, 2.05) is 0 Å². The molecule has 0 heterocycles. The number of carbonyl (C=O) groups is 2. The van der Waals surface area contributed by atoms with Gasteiger partial charge in [-0.25, -0.2) is 0 Å². The molecule has 0 saturated carbocycles. The summed E-state index contributed by atoms with van der Waals surface area (Å²) in [5.41, 5.74) is 0. The average Bonchev–Trinajstić information content (AvgIpc) is 3.55. The molecular weight excluding hydrogens is 1050 g/mol. The molecule has 1 atom stereocenters. The number of ether oxygens (including phenoxy) is 2. The second-order valence-electron chi connectivity index (χ2n) is 26.4. The molecule has 0 aromatic heterocycles. The van der Waals surface area contributed by atoms with Gasteiger partial charge in [-0.1, -0.05) is 415 Å². The summed E-state index contributed by atoms with van der Waals surface area (Å²) in [4.78, 5) is 24.7. The largest absolute Gasteiger partial charge is 0.462 e. The van der Waals surface area contributed by atoms with E-state index in [1.54, 1.807) is 0 Å². The number of rotatable bonds is 73. The molecule has 0 aromatic carbocycles. The first-order chi connectivity index (χ1) is 42.6. The van der Waals surface area contributed by atoms with E-state index in [0.29, 0.717) is 12.8 Å². The summed E-state index contributed by atoms with van der Waals surface area (Å²) in [5, 5.41) is 9.72. The lowest BCUT2D eigenvalue weighted by Crippen LogP contribution is -2.28. The van der Waals surface area contributed by atoms with Crippen LogP contribution >= 0.6 is 0 Å². The summed E-state index contributed by atoms with van der Waals surface area (Å²) in [5.74, 6) is -0.567. The molecule has 0 fully saturated rings. The Kier molecular flexibility index (Phi) is 74.7. The van der Waals surface area contributed by atoms with E-state index in [9.17, 15) is 14.7 Å². The van der Waals surface area contributed by atoms with Crippen molar-refractivity contribution in [3.8, 4) is 0 Å². The molecule has 0 rings (SSSR count). The van der Waals surface area contributed by atoms with Crippen LogP contribution in [0.1, 0.15) is 425 Å². The minimum absolute atomic E-state index is 0.0608. The predicted molar refractivity (Wildman–Crippen MR) is 380 cm³/mol. The maximum atomic E-state index is 12.4. The van der Waals surface area contributed by atoms with Crippen molar-refractivity contribution >= 4 is 11.9 Å². The number of aliphatic hydroxyl groups is 1. The molecule has 0 aliphatic carbocycles. The zero-order valence-electron chi connectivity index (χ0n) is 58.1. The van der Waals surface area contributed by atoms with Gasteiger partial charge in [-0.2, -0.15) is 0 Å². The molecule has 86 heavy (non-hydrogen) atoms. The van der Waals surface area contributed by atoms with Crippen LogP contribution < -0.4 is 0 Å². The molecule has 1 N–H and O–H groups in total. The Balaban J connectivity index is 3.37. The third kappa shape index (κ3) is 74.1. The molecule has 0 amide bonds. The Hall–Kier alpha value is -2.40. The summed E-state index contributed by atoms with van der Waals surface area (Å²) >= 11 is 0. The van der Waals surface area contributed by atoms with Crippen molar-refractivity contribution in [2.45, 2.75) is 431 Å². The fraction of sp³-hybridized carbons (Fsp3) is 0.852. The van der Waals surface area contributed by atoms with Gasteiger partial charge in [0.05, 0.1) is 6.61 Å². The van der Waals surface area contributed by atoms with Gasteiger partial charge in [0.15, 0.2) is 6.10 Å². The smallest absolute Gasteiger partial charge is 0.306 e. The molecule has 5 heteroatoms. The fourth-order valence-electron chi connectivity index (χ4n) is 12.1. The van der Waals surface area contributed by atoms with Gasteiger partial charge in [-0.15, -0.1) is 0 Å². The fourth-order valence-corrected chi connectivity index (χ4v) is 12.1. The van der Waals surface area contributed by atoms with Gasteiger partial charge in [0.2, 0.25) is 0 Å². The molecule has 0 bridgehead atoms. The molecule has 5 nitrogen and oxygen atoms in total. The van der Waals surface area contributed by atoms with Crippen LogP contribution in [0.2, 0.25) is 0 Å². The quantitative estimate of drug-likeness (QED) is 0.0373. The van der Waals surface area contributed by atoms with E-state index in [4.69, 9.17) is 9.47 Å². The second kappa shape index (κ2) is 76.8. The third-order valence-corrected chi connectivity index (χ3v) is 17.8. The van der Waals surface area contributed by atoms with Gasteiger partial charge >= 0.3 is 11.9 Å². The van der Waals surface area contributed by atoms with Crippen molar-refractivity contribution in [1.82, 2.24) is 0 Å². The van der Waals surface area contributed by atoms with E-state index in [-0.39, 0.29) is 25.2 Å². The van der Waals surface area contributed by atoms with Crippen molar-refractivity contribution in [2.75, 3.05) is 13.2 Å². The van der Waals surface area contributed by atoms with E-state index in [2.05, 4.69) is 74.6 Å². The standard InChI is InChI=1S/C81H150O5/c1-3-5-7-9-11-13-15-17-19-21-23-25-27-29-31-33-35-37-38-39-40-41-42-44-45-47-49-51-53-55-57-59-61-63-65-67-69-71-73-75-80(83)85-78-79(77-82)86-81(84)76-74-72-70-68-66-64-62-60-58-56-54-52-50-48-46-43-36-34-32-30-28-26-24-22-20-18-16-14-12-10-8-6-4-2/h6,8,12,14,18,20,24,26,30,32,79,82H,3-5,7,9-11,13,15-17,19,21-23,25,27-29,31,33-78H2,1-2H3/b8-6-,14-12-,20-18-,26-24-,32-30-. The highest BCUT2D eigenvalue weighted by Gasteiger charge is 2.16. The van der Waals surface area contributed by atoms with Gasteiger partial charge in [0, 0.05) is 12.8 Å². The topological polar surface area (TPSA) is 72.8 Å². The molecule has 0 aliphatic rings. The Bertz CT molecular complexity index is 1460. The lowest BCUT2D eigenvalue weighted by molar-refractivity contribution is -0.161. The van der Waals surface area contributed by atoms with Crippen LogP contribution in [0.15, 0.2) is 60.8 Å². The SMILES string of the molecule is CC/C=C\C/C=C\C/C=C\C/C=C\C/C=C\CCCCCCCCCCCCCCCCCCCC(=O)OC(CO)COC(=O)CCCCCCCCCCCCCCCCCCCCCCCCCCCCCCCCCCCCCCCCC. The Morgan fingerprint density at radius 2 is 0.500 bits per heavy atom. The Morgan fingerprint density at radius 1 is 0.279 bits per heavy atom. The van der Waals surface area contributed by atoms with Crippen LogP contribution in [0.4, 0.5) is 0 Å². The first-order valence-electron chi connectivity index (χ1n) is 38.8. The number of allylic oxidation sites excluding steroid dienone is 10. The summed E-state index contributed by atoms with van der Waals surface area (Å²) in [6.07, 6.45) is 106. The summed E-state index contributed by atoms with van der Waals surface area (Å²) < 4.78 is 10.8. The van der Waals surface area contributed by atoms with Crippen LogP contribution in [0, 0.1) is 0 Å². The summed E-state index contributed by atoms with van der Waals surface area (Å²) in [6.45, 7) is 4.09. The maximum Gasteiger partial charge on any atom is 0.306 e. The highest BCUT2D eigenvalue weighted by Crippen LogP contribution is 2.20. The lowest BCUT2D eigenvalue weighted by atomic mass is 10.0. The van der Waals surface area contributed by atoms with E-state index in [0.717, 1.165) is 64.2 Å². The van der Waals surface area contributed by atoms with Gasteiger partial charge in [0.1, 0.15) is 6.61 Å². The molecule has 504 valence electrons. The van der Waals surface area contributed by atoms with Crippen LogP contribution in [0.5, 0.6) is 0 Å². The highest BCUT2D eigenvalue weighted by atomic mass is 16.6. The Labute approximate surface area is 538 Å². The highest BCUT2D eigenvalue weighted by molar-refractivity contribution is 5.70. The number of hydrogen-bond acceptors (Lipinski definition) is 5. The summed E-state index contributed by atoms with van der Waals surface area (Å²) in [6, 6.07) is 0. The zero-order valence-corrected chi connectivity index (χ0v) is 58.1. The minimum Gasteiger partial charge on any atom is -0.462 e. The van der Waals surface area contributed by atoms with Crippen LogP contribution in [-0.4, -0.2) is 36.4 Å². The minimum atomic E-state index is -0.773. The molecule has 1 unspecified atom stereocenters. The van der Waals surface area contributed by atoms with Crippen LogP contribution in [0.25, 0.3) is 0 Å². The van der Waals surface area contributed by atoms with Gasteiger partial charge in [0.25, 0.3) is 0 Å². The third-order valence-electron chi connectivity index (χ3n) is 17.8. The number of hydrogen-bond donors (Lipinski definition) is 1. The normalized spacial score (nSPS) is 12.5. The molecule has 0 radical (unpaired) electrons. The van der Waals surface area contributed by atoms with Crippen molar-refractivity contribution in [3.63, 3.8) is 0 Å². The number of carbonyl (C=O) groups excluding carboxylic acids is 2. The first kappa shape index (κ1) is 83.6. The number of aliphatic hydroxyl groups excluding tert-OH is 1. The zero-order chi connectivity index (χ0) is 61.9. The van der Waals surface area contributed by atoms with Crippen LogP contribution in [0.3, 0.4) is 0 Å². The van der Waals surface area contributed by atoms with Crippen molar-refractivity contribution in [1.29, 1.82) is 0 Å². The van der Waals surface area contributed by atoms with Gasteiger partial charge in [-0.3, -0.25) is 9.59 Å². The van der Waals surface area contributed by atoms with Crippen molar-refractivity contribution in [3.05, 3.63) is 60.8 Å². The summed E-state index contributed by atoms with van der Waals surface area (Å²) in [7, 11) is 0. The predicted octanol–water partition coefficient (Wildman–Crippen LogP) is 27.2. The molecular formula is C81H150O5. The number of unbranched alkanes of at least 4 members (excludes halogenated alkanes) is 55. The Morgan fingerprint density at radius 3 is 0.756 bits per heavy atom.